The van der Waals surface area contributed by atoms with Gasteiger partial charge in [0.1, 0.15) is 17.2 Å². The van der Waals surface area contributed by atoms with E-state index in [1.54, 1.807) is 13.0 Å². The molecule has 1 unspecified atom stereocenters. The maximum atomic E-state index is 14.9. The second kappa shape index (κ2) is 12.3. The van der Waals surface area contributed by atoms with Crippen LogP contribution >= 0.6 is 11.9 Å². The molecule has 0 aliphatic heterocycles. The molecule has 0 bridgehead atoms. The van der Waals surface area contributed by atoms with Crippen LogP contribution in [0.25, 0.3) is 11.1 Å². The zero-order valence-corrected chi connectivity index (χ0v) is 20.8. The van der Waals surface area contributed by atoms with E-state index in [1.807, 2.05) is 27.7 Å². The minimum atomic E-state index is -1.22. The van der Waals surface area contributed by atoms with Crippen LogP contribution in [0.15, 0.2) is 29.0 Å². The summed E-state index contributed by atoms with van der Waals surface area (Å²) in [7, 11) is 0. The standard InChI is InChI=1S/C20H20F3N3O3S.2C2H6/c1-10-2-3-13(12(21)6-10)25-16-14(22)15(23)17-19(29-9-24-17)18(16)26-30-20(4-5-20)7-11(28)8-27;2*1-2/h2-3,6,9,11,25-28H,4-5,7-8H2,1H3;2*1-2H3. The Morgan fingerprint density at radius 1 is 1.12 bits per heavy atom. The van der Waals surface area contributed by atoms with Crippen molar-refractivity contribution in [2.45, 2.75) is 64.7 Å². The fraction of sp³-hybridized carbons (Fsp3) is 0.458. The van der Waals surface area contributed by atoms with Gasteiger partial charge in [-0.2, -0.15) is 0 Å². The van der Waals surface area contributed by atoms with Crippen molar-refractivity contribution in [3.63, 3.8) is 0 Å². The first-order valence-corrected chi connectivity index (χ1v) is 12.2. The molecule has 1 heterocycles. The number of halogens is 3. The molecule has 1 aliphatic carbocycles. The number of fused-ring (bicyclic) bond motifs is 1. The van der Waals surface area contributed by atoms with Crippen LogP contribution in [0.3, 0.4) is 0 Å². The lowest BCUT2D eigenvalue weighted by molar-refractivity contribution is 0.0865. The molecule has 0 spiro atoms. The summed E-state index contributed by atoms with van der Waals surface area (Å²) in [5.41, 5.74) is 0.118. The molecule has 1 aromatic heterocycles. The van der Waals surface area contributed by atoms with Crippen LogP contribution in [-0.2, 0) is 0 Å². The van der Waals surface area contributed by atoms with Crippen molar-refractivity contribution < 1.29 is 27.8 Å². The second-order valence-electron chi connectivity index (χ2n) is 7.44. The van der Waals surface area contributed by atoms with Crippen molar-refractivity contribution in [1.29, 1.82) is 0 Å². The van der Waals surface area contributed by atoms with Gasteiger partial charge in [0.25, 0.3) is 0 Å². The predicted molar refractivity (Wildman–Crippen MR) is 132 cm³/mol. The van der Waals surface area contributed by atoms with E-state index < -0.39 is 23.6 Å². The van der Waals surface area contributed by atoms with Gasteiger partial charge in [-0.25, -0.2) is 18.2 Å². The van der Waals surface area contributed by atoms with Gasteiger partial charge in [-0.05, 0) is 55.8 Å². The number of nitrogens with zero attached hydrogens (tertiary/aromatic N) is 1. The van der Waals surface area contributed by atoms with Crippen molar-refractivity contribution in [3.8, 4) is 0 Å². The highest BCUT2D eigenvalue weighted by molar-refractivity contribution is 8.02. The minimum absolute atomic E-state index is 0.0186. The highest BCUT2D eigenvalue weighted by Gasteiger charge is 2.45. The molecule has 6 nitrogen and oxygen atoms in total. The number of benzene rings is 2. The van der Waals surface area contributed by atoms with Crippen LogP contribution in [0.5, 0.6) is 0 Å². The first kappa shape index (κ1) is 27.8. The molecule has 2 aromatic carbocycles. The number of aryl methyl sites for hydroxylation is 1. The number of aliphatic hydroxyl groups excluding tert-OH is 2. The second-order valence-corrected chi connectivity index (χ2v) is 8.72. The van der Waals surface area contributed by atoms with E-state index >= 15 is 0 Å². The van der Waals surface area contributed by atoms with Gasteiger partial charge in [-0.1, -0.05) is 33.8 Å². The monoisotopic (exact) mass is 499 g/mol. The number of aromatic nitrogens is 1. The van der Waals surface area contributed by atoms with E-state index in [4.69, 9.17) is 9.52 Å². The number of anilines is 3. The fourth-order valence-electron chi connectivity index (χ4n) is 3.23. The number of nitrogens with one attached hydrogen (secondary N) is 2. The molecule has 1 saturated carbocycles. The predicted octanol–water partition coefficient (Wildman–Crippen LogP) is 6.69. The van der Waals surface area contributed by atoms with Gasteiger partial charge in [0.15, 0.2) is 29.1 Å². The van der Waals surface area contributed by atoms with Gasteiger partial charge in [-0.3, -0.25) is 0 Å². The van der Waals surface area contributed by atoms with E-state index in [0.29, 0.717) is 12.0 Å². The highest BCUT2D eigenvalue weighted by atomic mass is 32.2. The van der Waals surface area contributed by atoms with Gasteiger partial charge in [0, 0.05) is 4.75 Å². The molecule has 0 amide bonds. The third kappa shape index (κ3) is 6.17. The Kier molecular flexibility index (Phi) is 10.1. The number of oxazole rings is 1. The molecule has 1 atom stereocenters. The zero-order valence-electron chi connectivity index (χ0n) is 20.0. The summed E-state index contributed by atoms with van der Waals surface area (Å²) in [4.78, 5) is 3.73. The lowest BCUT2D eigenvalue weighted by Crippen LogP contribution is -2.21. The summed E-state index contributed by atoms with van der Waals surface area (Å²) in [5.74, 6) is -3.04. The molecule has 1 fully saturated rings. The maximum Gasteiger partial charge on any atom is 0.190 e. The molecular weight excluding hydrogens is 467 g/mol. The lowest BCUT2D eigenvalue weighted by atomic mass is 10.2. The van der Waals surface area contributed by atoms with Crippen LogP contribution < -0.4 is 10.0 Å². The number of aliphatic hydroxyl groups is 2. The van der Waals surface area contributed by atoms with E-state index in [9.17, 15) is 18.3 Å². The molecule has 1 aliphatic rings. The Bertz CT molecular complexity index is 1090. The van der Waals surface area contributed by atoms with Crippen LogP contribution in [0, 0.1) is 24.4 Å². The summed E-state index contributed by atoms with van der Waals surface area (Å²) < 4.78 is 51.7. The summed E-state index contributed by atoms with van der Waals surface area (Å²) >= 11 is 1.22. The topological polar surface area (TPSA) is 90.6 Å². The normalized spacial score (nSPS) is 14.4. The van der Waals surface area contributed by atoms with Crippen LogP contribution in [0.1, 0.15) is 52.5 Å². The Labute approximate surface area is 202 Å². The Hall–Kier alpha value is -2.43. The quantitative estimate of drug-likeness (QED) is 0.257. The molecule has 0 radical (unpaired) electrons. The number of hydrogen-bond acceptors (Lipinski definition) is 7. The fourth-order valence-corrected chi connectivity index (χ4v) is 4.32. The smallest absolute Gasteiger partial charge is 0.190 e. The third-order valence-corrected chi connectivity index (χ3v) is 6.36. The lowest BCUT2D eigenvalue weighted by Gasteiger charge is -2.20. The third-order valence-electron chi connectivity index (χ3n) is 5.04. The molecule has 4 N–H and O–H groups in total. The van der Waals surface area contributed by atoms with Gasteiger partial charge in [0.05, 0.1) is 18.4 Å². The van der Waals surface area contributed by atoms with E-state index in [-0.39, 0.29) is 39.5 Å². The van der Waals surface area contributed by atoms with Gasteiger partial charge >= 0.3 is 0 Å². The summed E-state index contributed by atoms with van der Waals surface area (Å²) in [5, 5.41) is 21.5. The summed E-state index contributed by atoms with van der Waals surface area (Å²) in [6.07, 6.45) is 2.01. The Morgan fingerprint density at radius 3 is 2.38 bits per heavy atom. The van der Waals surface area contributed by atoms with Crippen molar-refractivity contribution in [1.82, 2.24) is 4.98 Å². The van der Waals surface area contributed by atoms with Gasteiger partial charge in [-0.15, -0.1) is 0 Å². The van der Waals surface area contributed by atoms with Crippen molar-refractivity contribution >= 4 is 40.1 Å². The average Bonchev–Trinajstić information content (AvgIpc) is 3.43. The van der Waals surface area contributed by atoms with Crippen molar-refractivity contribution in [2.75, 3.05) is 16.6 Å². The van der Waals surface area contributed by atoms with Crippen molar-refractivity contribution in [3.05, 3.63) is 47.6 Å². The van der Waals surface area contributed by atoms with Gasteiger partial charge in [0.2, 0.25) is 0 Å². The van der Waals surface area contributed by atoms with Crippen molar-refractivity contribution in [2.24, 2.45) is 0 Å². The van der Waals surface area contributed by atoms with Crippen LogP contribution in [0.4, 0.5) is 30.2 Å². The van der Waals surface area contributed by atoms with Gasteiger partial charge < -0.3 is 24.7 Å². The molecule has 0 saturated heterocycles. The molecule has 188 valence electrons. The van der Waals surface area contributed by atoms with Crippen LogP contribution in [0.2, 0.25) is 0 Å². The zero-order chi connectivity index (χ0) is 25.5. The number of rotatable bonds is 8. The molecule has 34 heavy (non-hydrogen) atoms. The largest absolute Gasteiger partial charge is 0.441 e. The Morgan fingerprint density at radius 2 is 1.79 bits per heavy atom. The van der Waals surface area contributed by atoms with E-state index in [0.717, 1.165) is 19.2 Å². The SMILES string of the molecule is CC.CC.Cc1ccc(Nc2c(F)c(F)c3ncoc3c2NSC2(CC(O)CO)CC2)c(F)c1. The molecule has 4 rings (SSSR count). The molecule has 3 aromatic rings. The maximum absolute atomic E-state index is 14.9. The summed E-state index contributed by atoms with van der Waals surface area (Å²) in [6.45, 7) is 9.35. The number of hydrogen-bond donors (Lipinski definition) is 4. The molecule has 10 heteroatoms. The minimum Gasteiger partial charge on any atom is -0.441 e. The Balaban J connectivity index is 0.000000970. The average molecular weight is 500 g/mol. The van der Waals surface area contributed by atoms with Crippen LogP contribution in [-0.4, -0.2) is 32.7 Å². The first-order chi connectivity index (χ1) is 16.3. The molecular formula is C24H32F3N3O3S. The highest BCUT2D eigenvalue weighted by Crippen LogP contribution is 2.53. The van der Waals surface area contributed by atoms with E-state index in [2.05, 4.69) is 15.0 Å². The summed E-state index contributed by atoms with van der Waals surface area (Å²) in [6, 6.07) is 4.36. The van der Waals surface area contributed by atoms with E-state index in [1.165, 1.54) is 24.1 Å². The first-order valence-electron chi connectivity index (χ1n) is 11.3.